The smallest absolute Gasteiger partial charge is 0.324 e. The van der Waals surface area contributed by atoms with Crippen LogP contribution in [0.1, 0.15) is 41.1 Å². The van der Waals surface area contributed by atoms with Gasteiger partial charge in [0.2, 0.25) is 0 Å². The van der Waals surface area contributed by atoms with Gasteiger partial charge in [-0.05, 0) is 58.5 Å². The Morgan fingerprint density at radius 2 is 2.09 bits per heavy atom. The first-order valence-corrected chi connectivity index (χ1v) is 11.5. The van der Waals surface area contributed by atoms with Crippen LogP contribution in [0.15, 0.2) is 47.6 Å². The first-order valence-electron chi connectivity index (χ1n) is 10.7. The quantitative estimate of drug-likeness (QED) is 0.412. The molecule has 0 bridgehead atoms. The highest BCUT2D eigenvalue weighted by Crippen LogP contribution is 2.38. The summed E-state index contributed by atoms with van der Waals surface area (Å²) >= 11 is 3.59. The van der Waals surface area contributed by atoms with Crippen molar-refractivity contribution in [3.63, 3.8) is 0 Å². The van der Waals surface area contributed by atoms with E-state index in [-0.39, 0.29) is 17.9 Å². The van der Waals surface area contributed by atoms with Crippen molar-refractivity contribution < 1.29 is 9.59 Å². The van der Waals surface area contributed by atoms with E-state index in [1.165, 1.54) is 0 Å². The zero-order chi connectivity index (χ0) is 23.3. The number of hydrogen-bond acceptors (Lipinski definition) is 5. The number of rotatable bonds is 4. The van der Waals surface area contributed by atoms with Crippen molar-refractivity contribution in [3.8, 4) is 0 Å². The van der Waals surface area contributed by atoms with E-state index >= 15 is 0 Å². The molecule has 168 valence electrons. The molecule has 3 N–H and O–H groups in total. The fourth-order valence-electron chi connectivity index (χ4n) is 4.60. The Hall–Kier alpha value is -3.46. The molecule has 33 heavy (non-hydrogen) atoms. The number of carbonyl (C=O) groups excluding carboxylic acids is 2. The number of anilines is 1. The number of fused-ring (bicyclic) bond motifs is 2. The van der Waals surface area contributed by atoms with Gasteiger partial charge in [0.25, 0.3) is 5.91 Å². The van der Waals surface area contributed by atoms with Crippen LogP contribution < -0.4 is 11.1 Å². The summed E-state index contributed by atoms with van der Waals surface area (Å²) in [5.74, 6) is 0.148. The molecule has 3 amide bonds. The molecule has 8 nitrogen and oxygen atoms in total. The van der Waals surface area contributed by atoms with Gasteiger partial charge < -0.3 is 10.6 Å². The van der Waals surface area contributed by atoms with Gasteiger partial charge in [-0.15, -0.1) is 0 Å². The van der Waals surface area contributed by atoms with E-state index in [4.69, 9.17) is 10.7 Å². The van der Waals surface area contributed by atoms with E-state index in [1.807, 2.05) is 12.1 Å². The number of aryl methyl sites for hydroxylation is 1. The van der Waals surface area contributed by atoms with Crippen LogP contribution >= 0.6 is 15.9 Å². The maximum absolute atomic E-state index is 12.2. The van der Waals surface area contributed by atoms with Gasteiger partial charge in [0.05, 0.1) is 16.4 Å². The highest BCUT2D eigenvalue weighted by Gasteiger charge is 2.43. The molecule has 2 atom stereocenters. The number of nitrogens with two attached hydrogens (primary N) is 1. The van der Waals surface area contributed by atoms with Gasteiger partial charge in [0.1, 0.15) is 11.9 Å². The molecule has 9 heteroatoms. The summed E-state index contributed by atoms with van der Waals surface area (Å²) in [6.45, 7) is 6.46. The molecule has 2 aliphatic rings. The third kappa shape index (κ3) is 3.52. The lowest BCUT2D eigenvalue weighted by atomic mass is 9.90. The lowest BCUT2D eigenvalue weighted by Gasteiger charge is -2.33. The predicted octanol–water partition coefficient (Wildman–Crippen LogP) is 3.91. The molecular formula is C24H23BrN6O2. The van der Waals surface area contributed by atoms with E-state index < -0.39 is 6.04 Å². The monoisotopic (exact) mass is 506 g/mol. The number of hydrogen-bond donors (Lipinski definition) is 2. The molecule has 5 rings (SSSR count). The summed E-state index contributed by atoms with van der Waals surface area (Å²) in [6.07, 6.45) is 6.89. The molecule has 2 fully saturated rings. The zero-order valence-electron chi connectivity index (χ0n) is 18.1. The summed E-state index contributed by atoms with van der Waals surface area (Å²) in [5, 5.41) is 6.86. The summed E-state index contributed by atoms with van der Waals surface area (Å²) < 4.78 is 2.26. The number of urea groups is 1. The second-order valence-electron chi connectivity index (χ2n) is 8.39. The number of amides is 3. The molecular weight excluding hydrogens is 484 g/mol. The van der Waals surface area contributed by atoms with Crippen molar-refractivity contribution in [3.05, 3.63) is 70.0 Å². The number of benzene rings is 1. The number of allylic oxidation sites excluding steroid dienone is 2. The lowest BCUT2D eigenvalue weighted by Crippen LogP contribution is -2.42. The molecule has 0 radical (unpaired) electrons. The second kappa shape index (κ2) is 8.15. The first-order chi connectivity index (χ1) is 15.9. The summed E-state index contributed by atoms with van der Waals surface area (Å²) in [4.78, 5) is 30.8. The number of nitrogens with one attached hydrogen (secondary N) is 1. The van der Waals surface area contributed by atoms with Crippen LogP contribution in [0.25, 0.3) is 17.3 Å². The Labute approximate surface area is 199 Å². The molecule has 2 saturated heterocycles. The van der Waals surface area contributed by atoms with Crippen molar-refractivity contribution in [1.82, 2.24) is 24.8 Å². The summed E-state index contributed by atoms with van der Waals surface area (Å²) in [6, 6.07) is 7.36. The van der Waals surface area contributed by atoms with E-state index in [2.05, 4.69) is 58.1 Å². The SMILES string of the molecule is C=C/C(=C\c1ccccc1C)c1cnn2c(N)c(Br)c([C@H]3CC[C@H]4C(=O)NC(=O)N4C3)nc12. The van der Waals surface area contributed by atoms with E-state index in [0.29, 0.717) is 28.9 Å². The average Bonchev–Trinajstić information content (AvgIpc) is 3.36. The Bertz CT molecular complexity index is 1340. The number of carbonyl (C=O) groups is 2. The molecule has 0 spiro atoms. The predicted molar refractivity (Wildman–Crippen MR) is 130 cm³/mol. The highest BCUT2D eigenvalue weighted by molar-refractivity contribution is 9.10. The number of nitrogen functional groups attached to an aromatic ring is 1. The molecule has 1 aromatic carbocycles. The Balaban J connectivity index is 1.59. The second-order valence-corrected chi connectivity index (χ2v) is 9.18. The van der Waals surface area contributed by atoms with Crippen LogP contribution in [0, 0.1) is 6.92 Å². The highest BCUT2D eigenvalue weighted by atomic mass is 79.9. The average molecular weight is 507 g/mol. The summed E-state index contributed by atoms with van der Waals surface area (Å²) in [5.41, 5.74) is 11.7. The summed E-state index contributed by atoms with van der Waals surface area (Å²) in [7, 11) is 0. The van der Waals surface area contributed by atoms with E-state index in [9.17, 15) is 9.59 Å². The van der Waals surface area contributed by atoms with Gasteiger partial charge in [0.15, 0.2) is 5.65 Å². The van der Waals surface area contributed by atoms with Crippen LogP contribution in [0.3, 0.4) is 0 Å². The number of halogens is 1. The van der Waals surface area contributed by atoms with Crippen molar-refractivity contribution in [1.29, 1.82) is 0 Å². The number of aromatic nitrogens is 3. The third-order valence-electron chi connectivity index (χ3n) is 6.44. The lowest BCUT2D eigenvalue weighted by molar-refractivity contribution is -0.122. The van der Waals surface area contributed by atoms with Gasteiger partial charge >= 0.3 is 6.03 Å². The maximum atomic E-state index is 12.2. The maximum Gasteiger partial charge on any atom is 0.324 e. The third-order valence-corrected chi connectivity index (χ3v) is 7.25. The van der Waals surface area contributed by atoms with Crippen LogP contribution in [0.4, 0.5) is 10.6 Å². The largest absolute Gasteiger partial charge is 0.383 e. The van der Waals surface area contributed by atoms with E-state index in [0.717, 1.165) is 34.4 Å². The minimum absolute atomic E-state index is 0.0603. The molecule has 3 aromatic rings. The van der Waals surface area contributed by atoms with Crippen LogP contribution in [-0.2, 0) is 4.79 Å². The van der Waals surface area contributed by atoms with Gasteiger partial charge in [-0.1, -0.05) is 36.9 Å². The van der Waals surface area contributed by atoms with Crippen molar-refractivity contribution in [2.75, 3.05) is 12.3 Å². The van der Waals surface area contributed by atoms with Gasteiger partial charge in [-0.25, -0.2) is 9.78 Å². The fraction of sp³-hybridized carbons (Fsp3) is 0.250. The Kier molecular flexibility index (Phi) is 5.28. The van der Waals surface area contributed by atoms with Crippen molar-refractivity contribution >= 4 is 51.0 Å². The molecule has 2 aromatic heterocycles. The molecule has 0 aliphatic carbocycles. The van der Waals surface area contributed by atoms with Crippen LogP contribution in [-0.4, -0.2) is 44.0 Å². The van der Waals surface area contributed by atoms with Crippen LogP contribution in [0.5, 0.6) is 0 Å². The van der Waals surface area contributed by atoms with Crippen molar-refractivity contribution in [2.24, 2.45) is 0 Å². The minimum Gasteiger partial charge on any atom is -0.383 e. The first kappa shape index (κ1) is 21.4. The topological polar surface area (TPSA) is 106 Å². The van der Waals surface area contributed by atoms with Gasteiger partial charge in [-0.2, -0.15) is 9.61 Å². The molecule has 0 saturated carbocycles. The number of imide groups is 1. The minimum atomic E-state index is -0.399. The Morgan fingerprint density at radius 1 is 1.30 bits per heavy atom. The van der Waals surface area contributed by atoms with Crippen molar-refractivity contribution in [2.45, 2.75) is 31.7 Å². The van der Waals surface area contributed by atoms with Crippen LogP contribution in [0.2, 0.25) is 0 Å². The molecule has 0 unspecified atom stereocenters. The van der Waals surface area contributed by atoms with Gasteiger partial charge in [0, 0.05) is 18.0 Å². The van der Waals surface area contributed by atoms with E-state index in [1.54, 1.807) is 21.7 Å². The van der Waals surface area contributed by atoms with Gasteiger partial charge in [-0.3, -0.25) is 10.1 Å². The number of nitrogens with zero attached hydrogens (tertiary/aromatic N) is 4. The standard InChI is InChI=1S/C24H23BrN6O2/c1-3-14(10-15-7-5-4-6-13(15)2)17-11-27-31-21(26)19(25)20(28-22(17)31)16-8-9-18-23(32)29-24(33)30(18)12-16/h3-7,10-11,16,18H,1,8-9,12,26H2,2H3,(H,29,32,33)/b14-10+/t16-,18-/m0/s1. The number of piperidine rings is 1. The molecule has 2 aliphatic heterocycles. The fourth-order valence-corrected chi connectivity index (χ4v) is 5.18. The molecule has 4 heterocycles. The normalized spacial score (nSPS) is 20.8. The Morgan fingerprint density at radius 3 is 2.85 bits per heavy atom. The zero-order valence-corrected chi connectivity index (χ0v) is 19.7.